The molecule has 0 amide bonds. The highest BCUT2D eigenvalue weighted by molar-refractivity contribution is 7.80. The molecule has 0 spiro atoms. The van der Waals surface area contributed by atoms with Crippen molar-refractivity contribution in [2.45, 2.75) is 39.5 Å². The van der Waals surface area contributed by atoms with Crippen molar-refractivity contribution in [3.63, 3.8) is 0 Å². The minimum Gasteiger partial charge on any atom is -0.493 e. The second kappa shape index (κ2) is 7.65. The first-order valence-electron chi connectivity index (χ1n) is 6.51. The van der Waals surface area contributed by atoms with Gasteiger partial charge in [0.25, 0.3) is 0 Å². The molecule has 2 heteroatoms. The first kappa shape index (κ1) is 14.4. The van der Waals surface area contributed by atoms with Crippen LogP contribution in [0.3, 0.4) is 0 Å². The molecule has 1 rings (SSSR count). The van der Waals surface area contributed by atoms with Gasteiger partial charge in [0, 0.05) is 5.92 Å². The molecule has 0 radical (unpaired) electrons. The molecule has 1 aromatic carbocycles. The number of hydrogen-bond acceptors (Lipinski definition) is 2. The average molecular weight is 252 g/mol. The molecule has 1 aromatic rings. The van der Waals surface area contributed by atoms with Crippen LogP contribution in [0.15, 0.2) is 24.3 Å². The van der Waals surface area contributed by atoms with E-state index in [9.17, 15) is 0 Å². The van der Waals surface area contributed by atoms with E-state index in [0.717, 1.165) is 18.1 Å². The van der Waals surface area contributed by atoms with Gasteiger partial charge in [0.2, 0.25) is 0 Å². The first-order chi connectivity index (χ1) is 8.17. The smallest absolute Gasteiger partial charge is 0.119 e. The van der Waals surface area contributed by atoms with Crippen molar-refractivity contribution < 1.29 is 4.74 Å². The number of rotatable bonds is 7. The summed E-state index contributed by atoms with van der Waals surface area (Å²) in [4.78, 5) is 0. The van der Waals surface area contributed by atoms with Gasteiger partial charge in [-0.25, -0.2) is 0 Å². The van der Waals surface area contributed by atoms with E-state index in [4.69, 9.17) is 4.74 Å². The highest BCUT2D eigenvalue weighted by Gasteiger charge is 2.07. The summed E-state index contributed by atoms with van der Waals surface area (Å²) in [5.41, 5.74) is 1.33. The Hall–Kier alpha value is -0.630. The summed E-state index contributed by atoms with van der Waals surface area (Å²) >= 11 is 4.37. The lowest BCUT2D eigenvalue weighted by atomic mass is 10.0. The molecule has 0 saturated heterocycles. The summed E-state index contributed by atoms with van der Waals surface area (Å²) in [5.74, 6) is 3.00. The maximum absolute atomic E-state index is 5.85. The van der Waals surface area contributed by atoms with Crippen LogP contribution in [0, 0.1) is 5.92 Å². The molecule has 0 bridgehead atoms. The maximum Gasteiger partial charge on any atom is 0.119 e. The Bertz CT molecular complexity index is 322. The third-order valence-electron chi connectivity index (χ3n) is 2.97. The second-order valence-electron chi connectivity index (χ2n) is 4.88. The Morgan fingerprint density at radius 2 is 2.06 bits per heavy atom. The summed E-state index contributed by atoms with van der Waals surface area (Å²) in [6.07, 6.45) is 2.38. The fraction of sp³-hybridized carbons (Fsp3) is 0.600. The topological polar surface area (TPSA) is 9.23 Å². The molecule has 0 aromatic heterocycles. The van der Waals surface area contributed by atoms with Gasteiger partial charge in [0.05, 0.1) is 6.61 Å². The van der Waals surface area contributed by atoms with E-state index in [1.165, 1.54) is 18.4 Å². The zero-order chi connectivity index (χ0) is 12.7. The molecule has 0 aliphatic rings. The Balaban J connectivity index is 2.53. The van der Waals surface area contributed by atoms with Gasteiger partial charge in [-0.3, -0.25) is 0 Å². The standard InChI is InChI=1S/C15H24OS/c1-4-6-13(11-17)10-16-15-8-5-7-14(9-15)12(2)3/h5,7-9,12-13,17H,4,6,10-11H2,1-3H3. The van der Waals surface area contributed by atoms with E-state index in [1.54, 1.807) is 0 Å². The van der Waals surface area contributed by atoms with Gasteiger partial charge in [0.1, 0.15) is 5.75 Å². The third kappa shape index (κ3) is 5.03. The Morgan fingerprint density at radius 1 is 1.29 bits per heavy atom. The van der Waals surface area contributed by atoms with E-state index in [1.807, 2.05) is 6.07 Å². The van der Waals surface area contributed by atoms with Gasteiger partial charge < -0.3 is 4.74 Å². The van der Waals surface area contributed by atoms with Crippen LogP contribution < -0.4 is 4.74 Å². The van der Waals surface area contributed by atoms with Crippen LogP contribution in [0.5, 0.6) is 5.75 Å². The van der Waals surface area contributed by atoms with E-state index < -0.39 is 0 Å². The lowest BCUT2D eigenvalue weighted by Gasteiger charge is -2.15. The van der Waals surface area contributed by atoms with E-state index in [0.29, 0.717) is 11.8 Å². The van der Waals surface area contributed by atoms with Gasteiger partial charge in [0.15, 0.2) is 0 Å². The normalized spacial score (nSPS) is 12.8. The zero-order valence-electron chi connectivity index (χ0n) is 11.1. The van der Waals surface area contributed by atoms with Gasteiger partial charge in [-0.05, 0) is 35.8 Å². The van der Waals surface area contributed by atoms with Crippen molar-refractivity contribution in [3.8, 4) is 5.75 Å². The lowest BCUT2D eigenvalue weighted by Crippen LogP contribution is -2.13. The monoisotopic (exact) mass is 252 g/mol. The predicted octanol–water partition coefficient (Wildman–Crippen LogP) is 4.53. The summed E-state index contributed by atoms with van der Waals surface area (Å²) in [5, 5.41) is 0. The SMILES string of the molecule is CCCC(CS)COc1cccc(C(C)C)c1. The number of ether oxygens (including phenoxy) is 1. The van der Waals surface area contributed by atoms with Crippen molar-refractivity contribution in [1.29, 1.82) is 0 Å². The first-order valence-corrected chi connectivity index (χ1v) is 7.14. The van der Waals surface area contributed by atoms with E-state index in [-0.39, 0.29) is 0 Å². The van der Waals surface area contributed by atoms with Gasteiger partial charge in [-0.15, -0.1) is 0 Å². The summed E-state index contributed by atoms with van der Waals surface area (Å²) in [7, 11) is 0. The molecule has 0 N–H and O–H groups in total. The molecule has 0 aliphatic heterocycles. The Labute approximate surface area is 111 Å². The largest absolute Gasteiger partial charge is 0.493 e. The lowest BCUT2D eigenvalue weighted by molar-refractivity contribution is 0.254. The van der Waals surface area contributed by atoms with Gasteiger partial charge in [-0.2, -0.15) is 12.6 Å². The Morgan fingerprint density at radius 3 is 2.65 bits per heavy atom. The highest BCUT2D eigenvalue weighted by atomic mass is 32.1. The number of hydrogen-bond donors (Lipinski definition) is 1. The molecule has 1 unspecified atom stereocenters. The summed E-state index contributed by atoms with van der Waals surface area (Å²) < 4.78 is 5.85. The Kier molecular flexibility index (Phi) is 6.49. The van der Waals surface area contributed by atoms with Crippen LogP contribution >= 0.6 is 12.6 Å². The van der Waals surface area contributed by atoms with Crippen LogP contribution in [0.4, 0.5) is 0 Å². The fourth-order valence-electron chi connectivity index (χ4n) is 1.81. The summed E-state index contributed by atoms with van der Waals surface area (Å²) in [6, 6.07) is 8.40. The molecule has 0 fully saturated rings. The van der Waals surface area contributed by atoms with Crippen LogP contribution in [0.1, 0.15) is 45.1 Å². The van der Waals surface area contributed by atoms with E-state index in [2.05, 4.69) is 51.6 Å². The second-order valence-corrected chi connectivity index (χ2v) is 5.24. The van der Waals surface area contributed by atoms with Crippen molar-refractivity contribution in [1.82, 2.24) is 0 Å². The highest BCUT2D eigenvalue weighted by Crippen LogP contribution is 2.21. The van der Waals surface area contributed by atoms with Crippen molar-refractivity contribution in [3.05, 3.63) is 29.8 Å². The van der Waals surface area contributed by atoms with Gasteiger partial charge in [-0.1, -0.05) is 39.3 Å². The van der Waals surface area contributed by atoms with Crippen molar-refractivity contribution in [2.24, 2.45) is 5.92 Å². The molecule has 1 nitrogen and oxygen atoms in total. The zero-order valence-corrected chi connectivity index (χ0v) is 12.0. The van der Waals surface area contributed by atoms with Crippen LogP contribution in [-0.2, 0) is 0 Å². The molecule has 1 atom stereocenters. The van der Waals surface area contributed by atoms with Crippen molar-refractivity contribution >= 4 is 12.6 Å². The number of benzene rings is 1. The summed E-state index contributed by atoms with van der Waals surface area (Å²) in [6.45, 7) is 7.38. The van der Waals surface area contributed by atoms with Crippen LogP contribution in [-0.4, -0.2) is 12.4 Å². The minimum atomic E-state index is 0.551. The predicted molar refractivity (Wildman–Crippen MR) is 78.3 cm³/mol. The third-order valence-corrected chi connectivity index (χ3v) is 3.48. The molecule has 96 valence electrons. The quantitative estimate of drug-likeness (QED) is 0.701. The molecule has 17 heavy (non-hydrogen) atoms. The minimum absolute atomic E-state index is 0.551. The van der Waals surface area contributed by atoms with Crippen LogP contribution in [0.25, 0.3) is 0 Å². The molecule has 0 aliphatic carbocycles. The van der Waals surface area contributed by atoms with Crippen molar-refractivity contribution in [2.75, 3.05) is 12.4 Å². The van der Waals surface area contributed by atoms with Gasteiger partial charge >= 0.3 is 0 Å². The molecule has 0 heterocycles. The molecular formula is C15H24OS. The average Bonchev–Trinajstić information content (AvgIpc) is 2.34. The van der Waals surface area contributed by atoms with Crippen LogP contribution in [0.2, 0.25) is 0 Å². The maximum atomic E-state index is 5.85. The fourth-order valence-corrected chi connectivity index (χ4v) is 2.10. The number of thiol groups is 1. The molecule has 0 saturated carbocycles. The molecular weight excluding hydrogens is 228 g/mol. The van der Waals surface area contributed by atoms with E-state index >= 15 is 0 Å².